The minimum Gasteiger partial charge on any atom is -0.387 e. The summed E-state index contributed by atoms with van der Waals surface area (Å²) in [5, 5.41) is 6.77. The fourth-order valence-electron chi connectivity index (χ4n) is 0.881. The zero-order chi connectivity index (χ0) is 7.07. The summed E-state index contributed by atoms with van der Waals surface area (Å²) in [4.78, 5) is 0. The van der Waals surface area contributed by atoms with E-state index in [0.29, 0.717) is 0 Å². The molecule has 3 N–H and O–H groups in total. The van der Waals surface area contributed by atoms with Crippen LogP contribution >= 0.6 is 0 Å². The average Bonchev–Trinajstić information content (AvgIpc) is 1.59. The zero-order valence-corrected chi connectivity index (χ0v) is 4.82. The Labute approximate surface area is 51.5 Å². The molecule has 0 radical (unpaired) electrons. The van der Waals surface area contributed by atoms with Crippen molar-refractivity contribution in [2.24, 2.45) is 11.7 Å². The van der Waals surface area contributed by atoms with Gasteiger partial charge in [0.2, 0.25) is 5.92 Å². The second kappa shape index (κ2) is 1.65. The highest BCUT2D eigenvalue weighted by atomic mass is 19.3. The first-order chi connectivity index (χ1) is 4.01. The highest BCUT2D eigenvalue weighted by Gasteiger charge is 2.46. The van der Waals surface area contributed by atoms with Crippen LogP contribution in [0.4, 0.5) is 8.78 Å². The van der Waals surface area contributed by atoms with Gasteiger partial charge in [-0.3, -0.25) is 5.41 Å². The summed E-state index contributed by atoms with van der Waals surface area (Å²) in [6, 6.07) is 0. The van der Waals surface area contributed by atoms with Crippen molar-refractivity contribution in [3.8, 4) is 0 Å². The summed E-state index contributed by atoms with van der Waals surface area (Å²) in [5.41, 5.74) is 4.97. The number of rotatable bonds is 1. The van der Waals surface area contributed by atoms with Gasteiger partial charge in [0.05, 0.1) is 5.84 Å². The third kappa shape index (κ3) is 1.17. The van der Waals surface area contributed by atoms with Gasteiger partial charge in [-0.2, -0.15) is 0 Å². The first-order valence-electron chi connectivity index (χ1n) is 2.73. The highest BCUT2D eigenvalue weighted by Crippen LogP contribution is 2.41. The standard InChI is InChI=1S/C5H8F2N2/c6-5(7)1-3(2-5)4(8)9/h3H,1-2H2,(H3,8,9). The third-order valence-electron chi connectivity index (χ3n) is 1.53. The maximum Gasteiger partial charge on any atom is 0.249 e. The van der Waals surface area contributed by atoms with Gasteiger partial charge >= 0.3 is 0 Å². The quantitative estimate of drug-likeness (QED) is 0.407. The number of nitrogens with two attached hydrogens (primary N) is 1. The molecule has 0 atom stereocenters. The van der Waals surface area contributed by atoms with Gasteiger partial charge in [-0.25, -0.2) is 8.78 Å². The largest absolute Gasteiger partial charge is 0.387 e. The second-order valence-electron chi connectivity index (χ2n) is 2.42. The van der Waals surface area contributed by atoms with E-state index < -0.39 is 5.92 Å². The van der Waals surface area contributed by atoms with Crippen molar-refractivity contribution in [3.63, 3.8) is 0 Å². The van der Waals surface area contributed by atoms with Crippen molar-refractivity contribution in [2.45, 2.75) is 18.8 Å². The van der Waals surface area contributed by atoms with Gasteiger partial charge < -0.3 is 5.73 Å². The van der Waals surface area contributed by atoms with E-state index in [4.69, 9.17) is 11.1 Å². The fraction of sp³-hybridized carbons (Fsp3) is 0.800. The minimum atomic E-state index is -2.55. The predicted octanol–water partition coefficient (Wildman–Crippen LogP) is 0.968. The Bertz CT molecular complexity index is 136. The molecule has 0 amide bonds. The molecule has 0 spiro atoms. The predicted molar refractivity (Wildman–Crippen MR) is 29.6 cm³/mol. The van der Waals surface area contributed by atoms with Crippen molar-refractivity contribution in [1.29, 1.82) is 5.41 Å². The number of nitrogens with one attached hydrogen (secondary N) is 1. The van der Waals surface area contributed by atoms with E-state index in [9.17, 15) is 8.78 Å². The molecule has 2 nitrogen and oxygen atoms in total. The monoisotopic (exact) mass is 134 g/mol. The van der Waals surface area contributed by atoms with Crippen LogP contribution in [0.2, 0.25) is 0 Å². The molecule has 1 aliphatic rings. The molecule has 9 heavy (non-hydrogen) atoms. The van der Waals surface area contributed by atoms with Gasteiger partial charge in [0.25, 0.3) is 0 Å². The Kier molecular flexibility index (Phi) is 1.18. The van der Waals surface area contributed by atoms with Crippen LogP contribution in [-0.2, 0) is 0 Å². The van der Waals surface area contributed by atoms with Crippen LogP contribution in [0, 0.1) is 11.3 Å². The zero-order valence-electron chi connectivity index (χ0n) is 4.82. The van der Waals surface area contributed by atoms with E-state index in [-0.39, 0.29) is 24.6 Å². The van der Waals surface area contributed by atoms with Crippen LogP contribution in [0.15, 0.2) is 0 Å². The lowest BCUT2D eigenvalue weighted by molar-refractivity contribution is -0.0914. The molecule has 1 fully saturated rings. The van der Waals surface area contributed by atoms with Gasteiger partial charge in [-0.1, -0.05) is 0 Å². The number of halogens is 2. The highest BCUT2D eigenvalue weighted by molar-refractivity contribution is 5.80. The molecule has 0 aromatic carbocycles. The van der Waals surface area contributed by atoms with E-state index in [1.807, 2.05) is 0 Å². The summed E-state index contributed by atoms with van der Waals surface area (Å²) >= 11 is 0. The van der Waals surface area contributed by atoms with Crippen molar-refractivity contribution in [2.75, 3.05) is 0 Å². The summed E-state index contributed by atoms with van der Waals surface area (Å²) < 4.78 is 24.0. The topological polar surface area (TPSA) is 49.9 Å². The van der Waals surface area contributed by atoms with Crippen molar-refractivity contribution >= 4 is 5.84 Å². The van der Waals surface area contributed by atoms with Crippen LogP contribution in [-0.4, -0.2) is 11.8 Å². The summed E-state index contributed by atoms with van der Waals surface area (Å²) in [6.07, 6.45) is -0.468. The molecule has 52 valence electrons. The lowest BCUT2D eigenvalue weighted by Gasteiger charge is -2.33. The van der Waals surface area contributed by atoms with Crippen LogP contribution in [0.5, 0.6) is 0 Å². The molecule has 1 rings (SSSR count). The van der Waals surface area contributed by atoms with E-state index >= 15 is 0 Å². The first-order valence-corrected chi connectivity index (χ1v) is 2.73. The Hall–Kier alpha value is -0.670. The van der Waals surface area contributed by atoms with E-state index in [2.05, 4.69) is 0 Å². The molecule has 0 saturated heterocycles. The molecule has 0 aromatic rings. The molecule has 0 heterocycles. The lowest BCUT2D eigenvalue weighted by atomic mass is 9.81. The van der Waals surface area contributed by atoms with Gasteiger partial charge in [0, 0.05) is 18.8 Å². The van der Waals surface area contributed by atoms with Crippen molar-refractivity contribution in [3.05, 3.63) is 0 Å². The smallest absolute Gasteiger partial charge is 0.249 e. The maximum atomic E-state index is 12.0. The minimum absolute atomic E-state index is 0.110. The number of alkyl halides is 2. The van der Waals surface area contributed by atoms with E-state index in [1.165, 1.54) is 0 Å². The van der Waals surface area contributed by atoms with Crippen LogP contribution in [0.3, 0.4) is 0 Å². The van der Waals surface area contributed by atoms with Gasteiger partial charge in [-0.15, -0.1) is 0 Å². The van der Waals surface area contributed by atoms with Gasteiger partial charge in [0.1, 0.15) is 0 Å². The number of hydrogen-bond acceptors (Lipinski definition) is 1. The van der Waals surface area contributed by atoms with Crippen molar-refractivity contribution in [1.82, 2.24) is 0 Å². The molecule has 0 bridgehead atoms. The SMILES string of the molecule is N=C(N)C1CC(F)(F)C1. The van der Waals surface area contributed by atoms with Crippen LogP contribution < -0.4 is 5.73 Å². The van der Waals surface area contributed by atoms with Crippen LogP contribution in [0.25, 0.3) is 0 Å². The van der Waals surface area contributed by atoms with Crippen molar-refractivity contribution < 1.29 is 8.78 Å². The van der Waals surface area contributed by atoms with Gasteiger partial charge in [-0.05, 0) is 0 Å². The average molecular weight is 134 g/mol. The first kappa shape index (κ1) is 6.45. The molecule has 0 unspecified atom stereocenters. The molecule has 1 saturated carbocycles. The number of hydrogen-bond donors (Lipinski definition) is 2. The Morgan fingerprint density at radius 2 is 2.00 bits per heavy atom. The van der Waals surface area contributed by atoms with Crippen LogP contribution in [0.1, 0.15) is 12.8 Å². The third-order valence-corrected chi connectivity index (χ3v) is 1.53. The molecule has 4 heteroatoms. The Morgan fingerprint density at radius 1 is 1.56 bits per heavy atom. The molecular weight excluding hydrogens is 126 g/mol. The molecule has 0 aromatic heterocycles. The molecule has 1 aliphatic carbocycles. The van der Waals surface area contributed by atoms with E-state index in [0.717, 1.165) is 0 Å². The number of amidine groups is 1. The second-order valence-corrected chi connectivity index (χ2v) is 2.42. The summed E-state index contributed by atoms with van der Waals surface area (Å²) in [6.45, 7) is 0. The van der Waals surface area contributed by atoms with E-state index in [1.54, 1.807) is 0 Å². The Morgan fingerprint density at radius 3 is 2.11 bits per heavy atom. The normalized spacial score (nSPS) is 25.1. The summed E-state index contributed by atoms with van der Waals surface area (Å²) in [7, 11) is 0. The Balaban J connectivity index is 2.35. The maximum absolute atomic E-state index is 12.0. The molecule has 0 aliphatic heterocycles. The lowest BCUT2D eigenvalue weighted by Crippen LogP contribution is -2.42. The molecular formula is C5H8F2N2. The van der Waals surface area contributed by atoms with Gasteiger partial charge in [0.15, 0.2) is 0 Å². The summed E-state index contributed by atoms with van der Waals surface area (Å²) in [5.74, 6) is -3.02. The fourth-order valence-corrected chi connectivity index (χ4v) is 0.881.